The van der Waals surface area contributed by atoms with Gasteiger partial charge in [-0.25, -0.2) is 0 Å². The third-order valence-corrected chi connectivity index (χ3v) is 4.63. The minimum atomic E-state index is 0.229. The molecule has 90 valence electrons. The van der Waals surface area contributed by atoms with Crippen molar-refractivity contribution in [3.05, 3.63) is 21.3 Å². The fourth-order valence-corrected chi connectivity index (χ4v) is 3.44. The molecule has 0 aromatic carbocycles. The van der Waals surface area contributed by atoms with Crippen LogP contribution >= 0.6 is 22.9 Å². The molecule has 0 saturated heterocycles. The van der Waals surface area contributed by atoms with Crippen molar-refractivity contribution in [2.75, 3.05) is 6.54 Å². The molecule has 2 unspecified atom stereocenters. The Morgan fingerprint density at radius 2 is 2.12 bits per heavy atom. The number of hydrogen-bond acceptors (Lipinski definition) is 2. The maximum Gasteiger partial charge on any atom is 0.0931 e. The first kappa shape index (κ1) is 12.4. The zero-order valence-corrected chi connectivity index (χ0v) is 11.8. The molecule has 1 fully saturated rings. The molecule has 0 radical (unpaired) electrons. The quantitative estimate of drug-likeness (QED) is 0.852. The Balaban J connectivity index is 1.89. The fourth-order valence-electron chi connectivity index (χ4n) is 2.15. The summed E-state index contributed by atoms with van der Waals surface area (Å²) in [5.41, 5.74) is 0.229. The van der Waals surface area contributed by atoms with Gasteiger partial charge in [-0.15, -0.1) is 11.3 Å². The minimum absolute atomic E-state index is 0.229. The molecule has 1 aliphatic carbocycles. The third kappa shape index (κ3) is 2.99. The molecule has 3 heteroatoms. The molecular weight excluding hydrogens is 238 g/mol. The maximum atomic E-state index is 5.99. The average Bonchev–Trinajstić information content (AvgIpc) is 2.47. The largest absolute Gasteiger partial charge is 0.312 e. The van der Waals surface area contributed by atoms with Crippen molar-refractivity contribution in [2.24, 2.45) is 5.92 Å². The zero-order valence-electron chi connectivity index (χ0n) is 10.2. The van der Waals surface area contributed by atoms with E-state index in [1.807, 2.05) is 6.07 Å². The van der Waals surface area contributed by atoms with Gasteiger partial charge in [-0.1, -0.05) is 11.6 Å². The summed E-state index contributed by atoms with van der Waals surface area (Å²) in [4.78, 5) is 1.47. The monoisotopic (exact) mass is 257 g/mol. The molecule has 2 rings (SSSR count). The molecule has 1 nitrogen and oxygen atoms in total. The zero-order chi connectivity index (χ0) is 11.8. The Morgan fingerprint density at radius 1 is 1.38 bits per heavy atom. The highest BCUT2D eigenvalue weighted by atomic mass is 35.5. The van der Waals surface area contributed by atoms with E-state index in [-0.39, 0.29) is 5.54 Å². The lowest BCUT2D eigenvalue weighted by atomic mass is 9.72. The van der Waals surface area contributed by atoms with Gasteiger partial charge in [0.1, 0.15) is 0 Å². The molecule has 1 aromatic heterocycles. The smallest absolute Gasteiger partial charge is 0.0931 e. The molecule has 1 heterocycles. The van der Waals surface area contributed by atoms with E-state index in [0.29, 0.717) is 0 Å². The van der Waals surface area contributed by atoms with Crippen molar-refractivity contribution in [3.8, 4) is 0 Å². The number of thiophene rings is 1. The Morgan fingerprint density at radius 3 is 2.56 bits per heavy atom. The summed E-state index contributed by atoms with van der Waals surface area (Å²) in [5, 5.41) is 3.60. The first-order valence-electron chi connectivity index (χ1n) is 5.96. The second kappa shape index (κ2) is 4.67. The van der Waals surface area contributed by atoms with Crippen LogP contribution in [0.5, 0.6) is 0 Å². The first-order valence-corrected chi connectivity index (χ1v) is 7.15. The van der Waals surface area contributed by atoms with Crippen molar-refractivity contribution in [3.63, 3.8) is 0 Å². The Kier molecular flexibility index (Phi) is 3.62. The normalized spacial score (nSPS) is 25.5. The molecule has 0 amide bonds. The number of rotatable bonds is 3. The third-order valence-electron chi connectivity index (χ3n) is 3.27. The van der Waals surface area contributed by atoms with Gasteiger partial charge in [-0.2, -0.15) is 0 Å². The maximum absolute atomic E-state index is 5.99. The lowest BCUT2D eigenvalue weighted by Crippen LogP contribution is -2.42. The fraction of sp³-hybridized carbons (Fsp3) is 0.692. The summed E-state index contributed by atoms with van der Waals surface area (Å²) in [5.74, 6) is 1.54. The van der Waals surface area contributed by atoms with Crippen LogP contribution in [0.1, 0.15) is 44.4 Å². The second-order valence-corrected chi connectivity index (χ2v) is 7.46. The van der Waals surface area contributed by atoms with Gasteiger partial charge in [0.05, 0.1) is 4.34 Å². The second-order valence-electron chi connectivity index (χ2n) is 5.72. The summed E-state index contributed by atoms with van der Waals surface area (Å²) in [6.07, 6.45) is 2.68. The van der Waals surface area contributed by atoms with Gasteiger partial charge in [-0.05, 0) is 64.1 Å². The van der Waals surface area contributed by atoms with Crippen molar-refractivity contribution >= 4 is 22.9 Å². The Hall–Kier alpha value is -0.0500. The molecule has 0 aliphatic heterocycles. The highest BCUT2D eigenvalue weighted by Gasteiger charge is 2.33. The van der Waals surface area contributed by atoms with Crippen LogP contribution in [-0.4, -0.2) is 12.1 Å². The van der Waals surface area contributed by atoms with Crippen LogP contribution in [0.2, 0.25) is 4.34 Å². The molecular formula is C13H20ClNS. The Labute approximate surface area is 107 Å². The SMILES string of the molecule is CC(C)(C)NCC1CCC1c1ccc(Cl)s1. The summed E-state index contributed by atoms with van der Waals surface area (Å²) in [7, 11) is 0. The minimum Gasteiger partial charge on any atom is -0.312 e. The van der Waals surface area contributed by atoms with Gasteiger partial charge < -0.3 is 5.32 Å². The van der Waals surface area contributed by atoms with E-state index in [0.717, 1.165) is 22.7 Å². The number of hydrogen-bond donors (Lipinski definition) is 1. The van der Waals surface area contributed by atoms with Crippen molar-refractivity contribution in [2.45, 2.75) is 45.1 Å². The molecule has 1 saturated carbocycles. The van der Waals surface area contributed by atoms with Crippen LogP contribution in [0.4, 0.5) is 0 Å². The molecule has 0 bridgehead atoms. The van der Waals surface area contributed by atoms with Crippen LogP contribution < -0.4 is 5.32 Å². The van der Waals surface area contributed by atoms with E-state index >= 15 is 0 Å². The summed E-state index contributed by atoms with van der Waals surface area (Å²) < 4.78 is 0.921. The van der Waals surface area contributed by atoms with Gasteiger partial charge in [0.25, 0.3) is 0 Å². The van der Waals surface area contributed by atoms with Crippen LogP contribution in [0.3, 0.4) is 0 Å². The van der Waals surface area contributed by atoms with E-state index in [9.17, 15) is 0 Å². The van der Waals surface area contributed by atoms with Crippen molar-refractivity contribution < 1.29 is 0 Å². The van der Waals surface area contributed by atoms with Crippen LogP contribution in [0.25, 0.3) is 0 Å². The average molecular weight is 258 g/mol. The molecule has 1 aliphatic rings. The molecule has 1 aromatic rings. The summed E-state index contributed by atoms with van der Waals surface area (Å²) in [6.45, 7) is 7.80. The molecule has 2 atom stereocenters. The lowest BCUT2D eigenvalue weighted by Gasteiger charge is -2.38. The van der Waals surface area contributed by atoms with E-state index in [1.54, 1.807) is 11.3 Å². The van der Waals surface area contributed by atoms with Crippen molar-refractivity contribution in [1.82, 2.24) is 5.32 Å². The summed E-state index contributed by atoms with van der Waals surface area (Å²) >= 11 is 7.73. The molecule has 0 spiro atoms. The molecule has 1 N–H and O–H groups in total. The molecule has 16 heavy (non-hydrogen) atoms. The highest BCUT2D eigenvalue weighted by molar-refractivity contribution is 7.16. The predicted octanol–water partition coefficient (Wildman–Crippen LogP) is 4.28. The number of halogens is 1. The van der Waals surface area contributed by atoms with Gasteiger partial charge in [0.15, 0.2) is 0 Å². The van der Waals surface area contributed by atoms with Gasteiger partial charge in [0.2, 0.25) is 0 Å². The number of nitrogens with one attached hydrogen (secondary N) is 1. The summed E-state index contributed by atoms with van der Waals surface area (Å²) in [6, 6.07) is 4.22. The topological polar surface area (TPSA) is 12.0 Å². The van der Waals surface area contributed by atoms with E-state index in [2.05, 4.69) is 32.2 Å². The predicted molar refractivity (Wildman–Crippen MR) is 72.5 cm³/mol. The van der Waals surface area contributed by atoms with Crippen LogP contribution in [-0.2, 0) is 0 Å². The van der Waals surface area contributed by atoms with Gasteiger partial charge in [0, 0.05) is 10.4 Å². The standard InChI is InChI=1S/C13H20ClNS/c1-13(2,3)15-8-9-4-5-10(9)11-6-7-12(14)16-11/h6-7,9-10,15H,4-5,8H2,1-3H3. The Bertz CT molecular complexity index is 353. The van der Waals surface area contributed by atoms with Crippen molar-refractivity contribution in [1.29, 1.82) is 0 Å². The highest BCUT2D eigenvalue weighted by Crippen LogP contribution is 2.45. The van der Waals surface area contributed by atoms with Crippen LogP contribution in [0.15, 0.2) is 12.1 Å². The lowest BCUT2D eigenvalue weighted by molar-refractivity contribution is 0.228. The van der Waals surface area contributed by atoms with Gasteiger partial charge >= 0.3 is 0 Å². The van der Waals surface area contributed by atoms with E-state index < -0.39 is 0 Å². The first-order chi connectivity index (χ1) is 7.46. The van der Waals surface area contributed by atoms with E-state index in [1.165, 1.54) is 17.7 Å². The van der Waals surface area contributed by atoms with E-state index in [4.69, 9.17) is 11.6 Å². The van der Waals surface area contributed by atoms with Gasteiger partial charge in [-0.3, -0.25) is 0 Å². The van der Waals surface area contributed by atoms with Crippen LogP contribution in [0, 0.1) is 5.92 Å².